The largest absolute Gasteiger partial charge is 0.491 e. The minimum absolute atomic E-state index is 0.0646. The maximum atomic E-state index is 11.2. The maximum absolute atomic E-state index is 11.2. The molecule has 1 aromatic rings. The van der Waals surface area contributed by atoms with Crippen LogP contribution in [0.4, 0.5) is 5.69 Å². The molecule has 0 saturated heterocycles. The summed E-state index contributed by atoms with van der Waals surface area (Å²) in [7, 11) is 0. The van der Waals surface area contributed by atoms with Crippen LogP contribution in [0.2, 0.25) is 0 Å². The zero-order valence-corrected chi connectivity index (χ0v) is 9.26. The molecule has 0 aromatic heterocycles. The van der Waals surface area contributed by atoms with Gasteiger partial charge in [-0.05, 0) is 44.0 Å². The van der Waals surface area contributed by atoms with Crippen LogP contribution < -0.4 is 10.1 Å². The average molecular weight is 205 g/mol. The van der Waals surface area contributed by atoms with Crippen LogP contribution in [0.5, 0.6) is 5.75 Å². The minimum Gasteiger partial charge on any atom is -0.491 e. The van der Waals surface area contributed by atoms with Crippen LogP contribution in [0.15, 0.2) is 12.1 Å². The minimum atomic E-state index is 0.0646. The second-order valence-corrected chi connectivity index (χ2v) is 4.11. The van der Waals surface area contributed by atoms with Gasteiger partial charge in [0.25, 0.3) is 0 Å². The number of amides is 1. The van der Waals surface area contributed by atoms with Crippen LogP contribution in [-0.4, -0.2) is 12.0 Å². The highest BCUT2D eigenvalue weighted by molar-refractivity contribution is 5.99. The summed E-state index contributed by atoms with van der Waals surface area (Å²) in [5, 5.41) is 2.82. The molecule has 1 aliphatic rings. The molecule has 0 spiro atoms. The first kappa shape index (κ1) is 10.0. The lowest BCUT2D eigenvalue weighted by atomic mass is 10.1. The SMILES string of the molecule is Cc1c(OC(C)C)ccc2c1CC(=O)N2. The van der Waals surface area contributed by atoms with Crippen LogP contribution in [0.25, 0.3) is 0 Å². The van der Waals surface area contributed by atoms with Crippen LogP contribution in [0.1, 0.15) is 25.0 Å². The summed E-state index contributed by atoms with van der Waals surface area (Å²) in [6.45, 7) is 5.99. The van der Waals surface area contributed by atoms with Gasteiger partial charge in [-0.25, -0.2) is 0 Å². The Labute approximate surface area is 89.4 Å². The molecule has 15 heavy (non-hydrogen) atoms. The molecule has 2 rings (SSSR count). The summed E-state index contributed by atoms with van der Waals surface area (Å²) in [6.07, 6.45) is 0.628. The van der Waals surface area contributed by atoms with Gasteiger partial charge in [-0.2, -0.15) is 0 Å². The van der Waals surface area contributed by atoms with E-state index in [2.05, 4.69) is 5.32 Å². The van der Waals surface area contributed by atoms with E-state index in [0.717, 1.165) is 22.6 Å². The van der Waals surface area contributed by atoms with Gasteiger partial charge in [0, 0.05) is 5.69 Å². The van der Waals surface area contributed by atoms with Crippen molar-refractivity contribution in [3.05, 3.63) is 23.3 Å². The van der Waals surface area contributed by atoms with Gasteiger partial charge >= 0.3 is 0 Å². The summed E-state index contributed by atoms with van der Waals surface area (Å²) in [4.78, 5) is 11.2. The van der Waals surface area contributed by atoms with E-state index >= 15 is 0 Å². The van der Waals surface area contributed by atoms with Gasteiger partial charge in [0.05, 0.1) is 12.5 Å². The number of anilines is 1. The quantitative estimate of drug-likeness (QED) is 0.804. The smallest absolute Gasteiger partial charge is 0.228 e. The molecule has 1 heterocycles. The fraction of sp³-hybridized carbons (Fsp3) is 0.417. The Bertz CT molecular complexity index is 410. The van der Waals surface area contributed by atoms with Gasteiger partial charge < -0.3 is 10.1 Å². The molecule has 1 aliphatic heterocycles. The van der Waals surface area contributed by atoms with E-state index in [-0.39, 0.29) is 12.0 Å². The second kappa shape index (κ2) is 3.57. The van der Waals surface area contributed by atoms with E-state index in [4.69, 9.17) is 4.74 Å². The molecule has 1 amide bonds. The van der Waals surface area contributed by atoms with Crippen LogP contribution in [0, 0.1) is 6.92 Å². The van der Waals surface area contributed by atoms with E-state index in [0.29, 0.717) is 6.42 Å². The predicted octanol–water partition coefficient (Wildman–Crippen LogP) is 2.28. The van der Waals surface area contributed by atoms with Gasteiger partial charge in [-0.1, -0.05) is 0 Å². The van der Waals surface area contributed by atoms with Gasteiger partial charge in [-0.3, -0.25) is 4.79 Å². The monoisotopic (exact) mass is 205 g/mol. The number of hydrogen-bond donors (Lipinski definition) is 1. The van der Waals surface area contributed by atoms with Crippen LogP contribution >= 0.6 is 0 Å². The Kier molecular flexibility index (Phi) is 2.39. The molecule has 0 fully saturated rings. The number of hydrogen-bond acceptors (Lipinski definition) is 2. The molecule has 1 aromatic carbocycles. The highest BCUT2D eigenvalue weighted by atomic mass is 16.5. The summed E-state index contributed by atoms with van der Waals surface area (Å²) in [5.41, 5.74) is 3.06. The molecule has 0 bridgehead atoms. The van der Waals surface area contributed by atoms with Crippen molar-refractivity contribution in [2.45, 2.75) is 33.3 Å². The molecule has 3 nitrogen and oxygen atoms in total. The number of ether oxygens (including phenoxy) is 1. The van der Waals surface area contributed by atoms with Crippen molar-refractivity contribution in [3.63, 3.8) is 0 Å². The molecule has 0 radical (unpaired) electrons. The number of rotatable bonds is 2. The fourth-order valence-electron chi connectivity index (χ4n) is 1.82. The predicted molar refractivity (Wildman–Crippen MR) is 59.3 cm³/mol. The van der Waals surface area contributed by atoms with Gasteiger partial charge in [-0.15, -0.1) is 0 Å². The van der Waals surface area contributed by atoms with Gasteiger partial charge in [0.1, 0.15) is 5.75 Å². The Balaban J connectivity index is 2.38. The zero-order chi connectivity index (χ0) is 11.0. The molecule has 0 unspecified atom stereocenters. The third-order valence-electron chi connectivity index (χ3n) is 2.52. The zero-order valence-electron chi connectivity index (χ0n) is 9.26. The Morgan fingerprint density at radius 2 is 2.13 bits per heavy atom. The lowest BCUT2D eigenvalue weighted by Crippen LogP contribution is -2.07. The van der Waals surface area contributed by atoms with Crippen molar-refractivity contribution in [3.8, 4) is 5.75 Å². The first-order valence-electron chi connectivity index (χ1n) is 5.17. The molecule has 0 saturated carbocycles. The van der Waals surface area contributed by atoms with Crippen molar-refractivity contribution in [2.75, 3.05) is 5.32 Å². The van der Waals surface area contributed by atoms with E-state index in [9.17, 15) is 4.79 Å². The third-order valence-corrected chi connectivity index (χ3v) is 2.52. The first-order valence-corrected chi connectivity index (χ1v) is 5.17. The molecule has 0 aliphatic carbocycles. The fourth-order valence-corrected chi connectivity index (χ4v) is 1.82. The van der Waals surface area contributed by atoms with Gasteiger partial charge in [0.15, 0.2) is 0 Å². The molecular formula is C12H15NO2. The average Bonchev–Trinajstić information content (AvgIpc) is 2.51. The summed E-state index contributed by atoms with van der Waals surface area (Å²) >= 11 is 0. The highest BCUT2D eigenvalue weighted by Gasteiger charge is 2.21. The summed E-state index contributed by atoms with van der Waals surface area (Å²) in [6, 6.07) is 3.82. The van der Waals surface area contributed by atoms with Crippen LogP contribution in [0.3, 0.4) is 0 Å². The molecule has 1 N–H and O–H groups in total. The van der Waals surface area contributed by atoms with Crippen molar-refractivity contribution < 1.29 is 9.53 Å². The number of fused-ring (bicyclic) bond motifs is 1. The van der Waals surface area contributed by atoms with Crippen molar-refractivity contribution in [2.24, 2.45) is 0 Å². The first-order chi connectivity index (χ1) is 7.08. The number of benzene rings is 1. The molecule has 3 heteroatoms. The maximum Gasteiger partial charge on any atom is 0.228 e. The summed E-state index contributed by atoms with van der Waals surface area (Å²) in [5.74, 6) is 0.940. The number of nitrogens with one attached hydrogen (secondary N) is 1. The Hall–Kier alpha value is -1.51. The van der Waals surface area contributed by atoms with Crippen molar-refractivity contribution in [1.29, 1.82) is 0 Å². The van der Waals surface area contributed by atoms with E-state index in [1.165, 1.54) is 0 Å². The highest BCUT2D eigenvalue weighted by Crippen LogP contribution is 2.32. The normalized spacial score (nSPS) is 14.0. The van der Waals surface area contributed by atoms with E-state index < -0.39 is 0 Å². The Morgan fingerprint density at radius 3 is 2.80 bits per heavy atom. The van der Waals surface area contributed by atoms with Crippen LogP contribution in [-0.2, 0) is 11.2 Å². The molecule has 0 atom stereocenters. The van der Waals surface area contributed by atoms with Crippen molar-refractivity contribution in [1.82, 2.24) is 0 Å². The number of carbonyl (C=O) groups excluding carboxylic acids is 1. The summed E-state index contributed by atoms with van der Waals surface area (Å²) < 4.78 is 5.67. The third kappa shape index (κ3) is 1.82. The van der Waals surface area contributed by atoms with E-state index in [1.54, 1.807) is 0 Å². The lowest BCUT2D eigenvalue weighted by molar-refractivity contribution is -0.115. The molecule has 80 valence electrons. The molecular weight excluding hydrogens is 190 g/mol. The Morgan fingerprint density at radius 1 is 1.40 bits per heavy atom. The van der Waals surface area contributed by atoms with Crippen molar-refractivity contribution >= 4 is 11.6 Å². The lowest BCUT2D eigenvalue weighted by Gasteiger charge is -2.14. The second-order valence-electron chi connectivity index (χ2n) is 4.11. The van der Waals surface area contributed by atoms with Gasteiger partial charge in [0.2, 0.25) is 5.91 Å². The van der Waals surface area contributed by atoms with E-state index in [1.807, 2.05) is 32.9 Å². The number of carbonyl (C=O) groups is 1. The standard InChI is InChI=1S/C12H15NO2/c1-7(2)15-11-5-4-10-9(8(11)3)6-12(14)13-10/h4-5,7H,6H2,1-3H3,(H,13,14). The topological polar surface area (TPSA) is 38.3 Å².